The van der Waals surface area contributed by atoms with Crippen molar-refractivity contribution in [3.05, 3.63) is 0 Å². The Bertz CT molecular complexity index is 584. The van der Waals surface area contributed by atoms with Crippen LogP contribution in [0.3, 0.4) is 0 Å². The van der Waals surface area contributed by atoms with Crippen LogP contribution < -0.4 is 22.9 Å². The van der Waals surface area contributed by atoms with Gasteiger partial charge in [-0.25, -0.2) is 0 Å². The van der Waals surface area contributed by atoms with Crippen molar-refractivity contribution in [1.29, 1.82) is 0 Å². The van der Waals surface area contributed by atoms with Gasteiger partial charge in [-0.1, -0.05) is 0 Å². The Morgan fingerprint density at radius 3 is 1.70 bits per heavy atom. The molecule has 194 valence electrons. The molecular weight excluding hydrogens is 448 g/mol. The molecule has 3 fully saturated rings. The van der Waals surface area contributed by atoms with E-state index >= 15 is 0 Å². The highest BCUT2D eigenvalue weighted by molar-refractivity contribution is 5.01. The van der Waals surface area contributed by atoms with Gasteiger partial charge < -0.3 is 77.6 Å². The molecule has 2 saturated heterocycles. The number of hydrogen-bond donors (Lipinski definition) is 11. The molecule has 0 aromatic rings. The third-order valence-corrected chi connectivity index (χ3v) is 6.48. The van der Waals surface area contributed by atoms with Crippen LogP contribution in [0.15, 0.2) is 0 Å². The molecule has 15 atom stereocenters. The van der Waals surface area contributed by atoms with Crippen molar-refractivity contribution >= 4 is 0 Å². The van der Waals surface area contributed by atoms with Gasteiger partial charge in [0, 0.05) is 18.6 Å². The Morgan fingerprint density at radius 1 is 0.667 bits per heavy atom. The molecule has 1 saturated carbocycles. The first-order chi connectivity index (χ1) is 15.5. The molecule has 15 N–H and O–H groups in total. The van der Waals surface area contributed by atoms with E-state index in [0.29, 0.717) is 0 Å². The lowest BCUT2D eigenvalue weighted by atomic mass is 9.84. The number of rotatable bonds is 6. The van der Waals surface area contributed by atoms with Gasteiger partial charge in [-0.3, -0.25) is 0 Å². The predicted octanol–water partition coefficient (Wildman–Crippen LogP) is -7.29. The van der Waals surface area contributed by atoms with E-state index in [-0.39, 0.29) is 13.0 Å². The molecular formula is C18H36N4O11. The molecule has 33 heavy (non-hydrogen) atoms. The molecule has 2 aliphatic heterocycles. The number of nitrogens with two attached hydrogens (primary N) is 4. The highest BCUT2D eigenvalue weighted by Crippen LogP contribution is 2.31. The van der Waals surface area contributed by atoms with Crippen LogP contribution in [-0.4, -0.2) is 141 Å². The average Bonchev–Trinajstić information content (AvgIpc) is 2.79. The van der Waals surface area contributed by atoms with Gasteiger partial charge >= 0.3 is 0 Å². The van der Waals surface area contributed by atoms with E-state index in [1.165, 1.54) is 0 Å². The zero-order valence-electron chi connectivity index (χ0n) is 17.9. The van der Waals surface area contributed by atoms with Crippen molar-refractivity contribution in [1.82, 2.24) is 0 Å². The van der Waals surface area contributed by atoms with Gasteiger partial charge in [0.15, 0.2) is 12.6 Å². The van der Waals surface area contributed by atoms with Gasteiger partial charge in [0.2, 0.25) is 0 Å². The molecule has 15 heteroatoms. The van der Waals surface area contributed by atoms with Crippen LogP contribution in [-0.2, 0) is 18.9 Å². The molecule has 15 nitrogen and oxygen atoms in total. The molecule has 0 bridgehead atoms. The summed E-state index contributed by atoms with van der Waals surface area (Å²) >= 11 is 0. The normalized spacial score (nSPS) is 53.7. The summed E-state index contributed by atoms with van der Waals surface area (Å²) in [4.78, 5) is 0. The quantitative estimate of drug-likeness (QED) is 0.167. The predicted molar refractivity (Wildman–Crippen MR) is 108 cm³/mol. The van der Waals surface area contributed by atoms with Crippen molar-refractivity contribution < 1.29 is 54.7 Å². The fourth-order valence-corrected chi connectivity index (χ4v) is 4.40. The SMILES string of the molecule is NC[C@@H]1O[C@H](O[C@H]2[C@@H](O)[C@@H](O[C@H]3O[C@@H](CO)[C@@H](O)[C@@H](N)[C@H]3O)[C@H](N)C[C@H]2N)[C@H](O)[C@H](O)[C@@H]1O. The molecule has 3 aliphatic rings. The van der Waals surface area contributed by atoms with E-state index < -0.39 is 98.4 Å². The lowest BCUT2D eigenvalue weighted by Crippen LogP contribution is -2.68. The first-order valence-electron chi connectivity index (χ1n) is 10.8. The van der Waals surface area contributed by atoms with E-state index in [1.54, 1.807) is 0 Å². The summed E-state index contributed by atoms with van der Waals surface area (Å²) < 4.78 is 22.2. The van der Waals surface area contributed by atoms with Crippen LogP contribution in [0.2, 0.25) is 0 Å². The van der Waals surface area contributed by atoms with Crippen molar-refractivity contribution in [3.8, 4) is 0 Å². The van der Waals surface area contributed by atoms with Gasteiger partial charge in [0.05, 0.1) is 12.6 Å². The Labute approximate surface area is 189 Å². The summed E-state index contributed by atoms with van der Waals surface area (Å²) in [6.07, 6.45) is -16.5. The summed E-state index contributed by atoms with van der Waals surface area (Å²) in [6, 6.07) is -2.86. The van der Waals surface area contributed by atoms with Crippen LogP contribution in [0.4, 0.5) is 0 Å². The lowest BCUT2D eigenvalue weighted by molar-refractivity contribution is -0.332. The van der Waals surface area contributed by atoms with Crippen LogP contribution in [0.1, 0.15) is 6.42 Å². The minimum absolute atomic E-state index is 0.0849. The number of ether oxygens (including phenoxy) is 4. The minimum Gasteiger partial charge on any atom is -0.394 e. The van der Waals surface area contributed by atoms with Crippen molar-refractivity contribution in [2.24, 2.45) is 22.9 Å². The van der Waals surface area contributed by atoms with Gasteiger partial charge in [0.1, 0.15) is 61.0 Å². The second-order valence-electron chi connectivity index (χ2n) is 8.79. The monoisotopic (exact) mass is 484 g/mol. The van der Waals surface area contributed by atoms with Crippen molar-refractivity contribution in [3.63, 3.8) is 0 Å². The smallest absolute Gasteiger partial charge is 0.187 e. The number of aliphatic hydroxyl groups is 7. The standard InChI is InChI=1S/C18H36N4O11/c19-2-6-10(25)12(27)13(28)18(30-6)33-16-5(21)1-4(20)15(14(16)29)32-17-11(26)8(22)9(24)7(3-23)31-17/h4-18,23-29H,1-3,19-22H2/t4-,5-,6+,7+,8-,9-,10-,11-,12-,13-,14+,15+,16-,17-,18-/m1/s1. The number of aliphatic hydroxyl groups excluding tert-OH is 7. The van der Waals surface area contributed by atoms with Crippen LogP contribution in [0, 0.1) is 0 Å². The summed E-state index contributed by atoms with van der Waals surface area (Å²) in [7, 11) is 0. The van der Waals surface area contributed by atoms with Crippen LogP contribution in [0.5, 0.6) is 0 Å². The second kappa shape index (κ2) is 11.0. The van der Waals surface area contributed by atoms with Gasteiger partial charge in [-0.05, 0) is 6.42 Å². The Kier molecular flexibility index (Phi) is 8.99. The molecule has 0 aromatic heterocycles. The zero-order chi connectivity index (χ0) is 24.6. The second-order valence-corrected chi connectivity index (χ2v) is 8.79. The first kappa shape index (κ1) is 27.0. The molecule has 0 aromatic carbocycles. The molecule has 0 unspecified atom stereocenters. The highest BCUT2D eigenvalue weighted by atomic mass is 16.7. The minimum atomic E-state index is -1.66. The van der Waals surface area contributed by atoms with E-state index in [0.717, 1.165) is 0 Å². The van der Waals surface area contributed by atoms with Crippen LogP contribution >= 0.6 is 0 Å². The maximum absolute atomic E-state index is 10.9. The topological polar surface area (TPSA) is 283 Å². The van der Waals surface area contributed by atoms with Crippen LogP contribution in [0.25, 0.3) is 0 Å². The molecule has 1 aliphatic carbocycles. The average molecular weight is 485 g/mol. The van der Waals surface area contributed by atoms with E-state index in [9.17, 15) is 35.7 Å². The van der Waals surface area contributed by atoms with Crippen molar-refractivity contribution in [2.45, 2.75) is 98.2 Å². The Morgan fingerprint density at radius 2 is 1.18 bits per heavy atom. The molecule has 0 spiro atoms. The summed E-state index contributed by atoms with van der Waals surface area (Å²) in [5, 5.41) is 70.9. The largest absolute Gasteiger partial charge is 0.394 e. The third-order valence-electron chi connectivity index (χ3n) is 6.48. The van der Waals surface area contributed by atoms with Crippen molar-refractivity contribution in [2.75, 3.05) is 13.2 Å². The third kappa shape index (κ3) is 5.32. The van der Waals surface area contributed by atoms with Gasteiger partial charge in [-0.2, -0.15) is 0 Å². The summed E-state index contributed by atoms with van der Waals surface area (Å²) in [5.74, 6) is 0. The fourth-order valence-electron chi connectivity index (χ4n) is 4.40. The zero-order valence-corrected chi connectivity index (χ0v) is 17.9. The van der Waals surface area contributed by atoms with Gasteiger partial charge in [-0.15, -0.1) is 0 Å². The molecule has 2 heterocycles. The Hall–Kier alpha value is -0.600. The molecule has 0 radical (unpaired) electrons. The first-order valence-corrected chi connectivity index (χ1v) is 10.8. The van der Waals surface area contributed by atoms with E-state index in [4.69, 9.17) is 41.9 Å². The maximum Gasteiger partial charge on any atom is 0.187 e. The fraction of sp³-hybridized carbons (Fsp3) is 1.00. The molecule has 0 amide bonds. The van der Waals surface area contributed by atoms with Gasteiger partial charge in [0.25, 0.3) is 0 Å². The Balaban J connectivity index is 1.72. The summed E-state index contributed by atoms with van der Waals surface area (Å²) in [5.41, 5.74) is 23.5. The lowest BCUT2D eigenvalue weighted by Gasteiger charge is -2.48. The number of hydrogen-bond acceptors (Lipinski definition) is 15. The molecule has 3 rings (SSSR count). The maximum atomic E-state index is 10.9. The van der Waals surface area contributed by atoms with E-state index in [1.807, 2.05) is 0 Å². The summed E-state index contributed by atoms with van der Waals surface area (Å²) in [6.45, 7) is -0.763. The highest BCUT2D eigenvalue weighted by Gasteiger charge is 2.51. The van der Waals surface area contributed by atoms with E-state index in [2.05, 4.69) is 0 Å².